The molecule has 0 radical (unpaired) electrons. The molecule has 1 unspecified atom stereocenters. The molecule has 0 amide bonds. The van der Waals surface area contributed by atoms with Crippen LogP contribution in [-0.2, 0) is 6.54 Å². The Kier molecular flexibility index (Phi) is 5.25. The lowest BCUT2D eigenvalue weighted by Gasteiger charge is -2.29. The molecule has 3 rings (SSSR count). The molecule has 22 heavy (non-hydrogen) atoms. The molecule has 1 aromatic heterocycles. The Balaban J connectivity index is 1.67. The van der Waals surface area contributed by atoms with Crippen molar-refractivity contribution in [2.75, 3.05) is 24.5 Å². The van der Waals surface area contributed by atoms with Crippen LogP contribution in [0.1, 0.15) is 18.9 Å². The molecular formula is C17H21IN4. The molecule has 1 saturated heterocycles. The van der Waals surface area contributed by atoms with Gasteiger partial charge in [0, 0.05) is 48.2 Å². The summed E-state index contributed by atoms with van der Waals surface area (Å²) in [5, 5.41) is 0. The van der Waals surface area contributed by atoms with Crippen LogP contribution >= 0.6 is 22.6 Å². The minimum Gasteiger partial charge on any atom is -0.337 e. The third-order valence-corrected chi connectivity index (χ3v) is 4.60. The van der Waals surface area contributed by atoms with Crippen molar-refractivity contribution in [2.24, 2.45) is 0 Å². The van der Waals surface area contributed by atoms with E-state index in [4.69, 9.17) is 0 Å². The summed E-state index contributed by atoms with van der Waals surface area (Å²) in [6.45, 7) is 6.48. The standard InChI is InChI=1S/C17H21IN4/c1-14-12-21(13-15-6-3-2-4-7-15)8-5-9-22(14)17-19-10-16(18)11-20-17/h2-4,6-7,10-11,14H,5,8-9,12-13H2,1H3. The topological polar surface area (TPSA) is 32.3 Å². The van der Waals surface area contributed by atoms with Crippen molar-refractivity contribution in [1.82, 2.24) is 14.9 Å². The molecule has 2 aromatic rings. The first-order chi connectivity index (χ1) is 10.7. The summed E-state index contributed by atoms with van der Waals surface area (Å²) in [5.41, 5.74) is 1.38. The van der Waals surface area contributed by atoms with Gasteiger partial charge in [-0.1, -0.05) is 30.3 Å². The van der Waals surface area contributed by atoms with E-state index in [9.17, 15) is 0 Å². The van der Waals surface area contributed by atoms with E-state index in [0.29, 0.717) is 6.04 Å². The Morgan fingerprint density at radius 2 is 1.86 bits per heavy atom. The Morgan fingerprint density at radius 1 is 1.14 bits per heavy atom. The summed E-state index contributed by atoms with van der Waals surface area (Å²) in [6.07, 6.45) is 4.93. The van der Waals surface area contributed by atoms with Gasteiger partial charge in [-0.05, 0) is 41.5 Å². The lowest BCUT2D eigenvalue weighted by atomic mass is 10.2. The van der Waals surface area contributed by atoms with E-state index in [1.807, 2.05) is 12.4 Å². The van der Waals surface area contributed by atoms with E-state index in [0.717, 1.165) is 42.1 Å². The summed E-state index contributed by atoms with van der Waals surface area (Å²) in [6, 6.07) is 11.1. The van der Waals surface area contributed by atoms with Crippen LogP contribution in [0, 0.1) is 3.57 Å². The molecule has 0 N–H and O–H groups in total. The van der Waals surface area contributed by atoms with Crippen molar-refractivity contribution in [3.8, 4) is 0 Å². The van der Waals surface area contributed by atoms with Crippen molar-refractivity contribution in [1.29, 1.82) is 0 Å². The summed E-state index contributed by atoms with van der Waals surface area (Å²) >= 11 is 2.24. The second kappa shape index (κ2) is 7.37. The highest BCUT2D eigenvalue weighted by atomic mass is 127. The summed E-state index contributed by atoms with van der Waals surface area (Å²) in [7, 11) is 0. The highest BCUT2D eigenvalue weighted by Crippen LogP contribution is 2.18. The smallest absolute Gasteiger partial charge is 0.225 e. The van der Waals surface area contributed by atoms with E-state index in [2.05, 4.69) is 79.6 Å². The molecular weight excluding hydrogens is 387 g/mol. The van der Waals surface area contributed by atoms with Gasteiger partial charge in [0.05, 0.1) is 0 Å². The fourth-order valence-corrected chi connectivity index (χ4v) is 3.26. The first kappa shape index (κ1) is 15.7. The minimum atomic E-state index is 0.422. The van der Waals surface area contributed by atoms with Crippen LogP contribution in [0.5, 0.6) is 0 Å². The van der Waals surface area contributed by atoms with E-state index in [1.165, 1.54) is 5.56 Å². The van der Waals surface area contributed by atoms with Crippen molar-refractivity contribution in [2.45, 2.75) is 25.9 Å². The maximum absolute atomic E-state index is 4.49. The minimum absolute atomic E-state index is 0.422. The molecule has 2 heterocycles. The van der Waals surface area contributed by atoms with Crippen molar-refractivity contribution in [3.63, 3.8) is 0 Å². The molecule has 0 aliphatic carbocycles. The lowest BCUT2D eigenvalue weighted by molar-refractivity contribution is 0.268. The number of nitrogens with zero attached hydrogens (tertiary/aromatic N) is 4. The average Bonchev–Trinajstić information content (AvgIpc) is 2.71. The van der Waals surface area contributed by atoms with E-state index in [-0.39, 0.29) is 0 Å². The van der Waals surface area contributed by atoms with Gasteiger partial charge in [-0.3, -0.25) is 4.90 Å². The average molecular weight is 408 g/mol. The Bertz CT molecular complexity index is 587. The summed E-state index contributed by atoms with van der Waals surface area (Å²) < 4.78 is 1.08. The van der Waals surface area contributed by atoms with Gasteiger partial charge in [0.2, 0.25) is 5.95 Å². The third-order valence-electron chi connectivity index (χ3n) is 4.04. The van der Waals surface area contributed by atoms with Crippen molar-refractivity contribution < 1.29 is 0 Å². The second-order valence-electron chi connectivity index (χ2n) is 5.82. The van der Waals surface area contributed by atoms with Crippen LogP contribution in [0.25, 0.3) is 0 Å². The molecule has 1 aromatic carbocycles. The molecule has 0 spiro atoms. The number of halogens is 1. The zero-order valence-electron chi connectivity index (χ0n) is 12.8. The molecule has 1 aliphatic rings. The van der Waals surface area contributed by atoms with Gasteiger partial charge in [0.25, 0.3) is 0 Å². The SMILES string of the molecule is CC1CN(Cc2ccccc2)CCCN1c1ncc(I)cn1. The fraction of sp³-hybridized carbons (Fsp3) is 0.412. The number of benzene rings is 1. The first-order valence-corrected chi connectivity index (χ1v) is 8.81. The number of rotatable bonds is 3. The summed E-state index contributed by atoms with van der Waals surface area (Å²) in [5.74, 6) is 0.856. The van der Waals surface area contributed by atoms with Gasteiger partial charge in [0.15, 0.2) is 0 Å². The fourth-order valence-electron chi connectivity index (χ4n) is 2.98. The predicted molar refractivity (Wildman–Crippen MR) is 97.9 cm³/mol. The van der Waals surface area contributed by atoms with Gasteiger partial charge < -0.3 is 4.90 Å². The quantitative estimate of drug-likeness (QED) is 0.731. The monoisotopic (exact) mass is 408 g/mol. The normalized spacial score (nSPS) is 19.9. The number of hydrogen-bond acceptors (Lipinski definition) is 4. The highest BCUT2D eigenvalue weighted by molar-refractivity contribution is 14.1. The van der Waals surface area contributed by atoms with Gasteiger partial charge in [-0.15, -0.1) is 0 Å². The van der Waals surface area contributed by atoms with Gasteiger partial charge in [-0.2, -0.15) is 0 Å². The largest absolute Gasteiger partial charge is 0.337 e. The van der Waals surface area contributed by atoms with Crippen LogP contribution in [0.4, 0.5) is 5.95 Å². The van der Waals surface area contributed by atoms with E-state index >= 15 is 0 Å². The van der Waals surface area contributed by atoms with Crippen LogP contribution in [0.3, 0.4) is 0 Å². The van der Waals surface area contributed by atoms with Crippen molar-refractivity contribution in [3.05, 3.63) is 51.9 Å². The van der Waals surface area contributed by atoms with Crippen LogP contribution in [0.2, 0.25) is 0 Å². The number of hydrogen-bond donors (Lipinski definition) is 0. The van der Waals surface area contributed by atoms with Crippen molar-refractivity contribution >= 4 is 28.5 Å². The zero-order valence-corrected chi connectivity index (χ0v) is 15.0. The van der Waals surface area contributed by atoms with E-state index < -0.39 is 0 Å². The molecule has 1 aliphatic heterocycles. The third kappa shape index (κ3) is 3.95. The van der Waals surface area contributed by atoms with E-state index in [1.54, 1.807) is 0 Å². The molecule has 1 fully saturated rings. The zero-order chi connectivity index (χ0) is 15.4. The predicted octanol–water partition coefficient (Wildman–Crippen LogP) is 3.18. The summed E-state index contributed by atoms with van der Waals surface area (Å²) in [4.78, 5) is 13.9. The Morgan fingerprint density at radius 3 is 2.59 bits per heavy atom. The maximum Gasteiger partial charge on any atom is 0.225 e. The number of anilines is 1. The Hall–Kier alpha value is -1.21. The van der Waals surface area contributed by atoms with Crippen LogP contribution < -0.4 is 4.90 Å². The lowest BCUT2D eigenvalue weighted by Crippen LogP contribution is -2.39. The first-order valence-electron chi connectivity index (χ1n) is 7.73. The molecule has 116 valence electrons. The second-order valence-corrected chi connectivity index (χ2v) is 7.06. The molecule has 0 saturated carbocycles. The Labute approximate surface area is 145 Å². The van der Waals surface area contributed by atoms with Gasteiger partial charge >= 0.3 is 0 Å². The molecule has 0 bridgehead atoms. The van der Waals surface area contributed by atoms with Crippen LogP contribution in [-0.4, -0.2) is 40.5 Å². The van der Waals surface area contributed by atoms with Crippen LogP contribution in [0.15, 0.2) is 42.7 Å². The van der Waals surface area contributed by atoms with Gasteiger partial charge in [0.1, 0.15) is 0 Å². The molecule has 1 atom stereocenters. The number of aromatic nitrogens is 2. The van der Waals surface area contributed by atoms with Gasteiger partial charge in [-0.25, -0.2) is 9.97 Å². The molecule has 4 nitrogen and oxygen atoms in total. The highest BCUT2D eigenvalue weighted by Gasteiger charge is 2.23. The maximum atomic E-state index is 4.49. The molecule has 5 heteroatoms.